The van der Waals surface area contributed by atoms with Crippen LogP contribution in [0.4, 0.5) is 0 Å². The van der Waals surface area contributed by atoms with Gasteiger partial charge < -0.3 is 4.57 Å². The monoisotopic (exact) mass is 249 g/mol. The molecule has 92 valence electrons. The Morgan fingerprint density at radius 3 is 2.84 bits per heavy atom. The zero-order chi connectivity index (χ0) is 13.0. The molecule has 0 bridgehead atoms. The molecule has 2 aromatic carbocycles. The van der Waals surface area contributed by atoms with Gasteiger partial charge in [-0.15, -0.1) is 0 Å². The number of aromatic amines is 1. The van der Waals surface area contributed by atoms with Crippen molar-refractivity contribution in [1.82, 2.24) is 14.8 Å². The van der Waals surface area contributed by atoms with Gasteiger partial charge >= 0.3 is 0 Å². The van der Waals surface area contributed by atoms with Gasteiger partial charge in [-0.05, 0) is 5.39 Å². The molecule has 4 rings (SSSR count). The lowest BCUT2D eigenvalue weighted by atomic mass is 10.1. The zero-order valence-electron chi connectivity index (χ0n) is 10.3. The molecule has 0 radical (unpaired) electrons. The van der Waals surface area contributed by atoms with Crippen LogP contribution in [0.5, 0.6) is 0 Å². The van der Waals surface area contributed by atoms with Gasteiger partial charge in [0.2, 0.25) is 0 Å². The first-order valence-electron chi connectivity index (χ1n) is 6.11. The Hall–Kier alpha value is -2.62. The lowest BCUT2D eigenvalue weighted by Crippen LogP contribution is -2.06. The first kappa shape index (κ1) is 10.3. The first-order valence-corrected chi connectivity index (χ1v) is 6.11. The predicted molar refractivity (Wildman–Crippen MR) is 76.3 cm³/mol. The van der Waals surface area contributed by atoms with Crippen LogP contribution in [-0.2, 0) is 7.05 Å². The van der Waals surface area contributed by atoms with Gasteiger partial charge in [0.15, 0.2) is 0 Å². The molecule has 1 N–H and O–H groups in total. The van der Waals surface area contributed by atoms with Crippen LogP contribution in [0.15, 0.2) is 47.4 Å². The van der Waals surface area contributed by atoms with Crippen molar-refractivity contribution in [3.63, 3.8) is 0 Å². The lowest BCUT2D eigenvalue weighted by molar-refractivity contribution is 0.970. The molecular weight excluding hydrogens is 238 g/mol. The van der Waals surface area contributed by atoms with Crippen molar-refractivity contribution in [1.29, 1.82) is 0 Å². The van der Waals surface area contributed by atoms with Crippen molar-refractivity contribution >= 4 is 32.6 Å². The van der Waals surface area contributed by atoms with Crippen LogP contribution in [0.25, 0.3) is 32.6 Å². The second-order valence-electron chi connectivity index (χ2n) is 4.70. The van der Waals surface area contributed by atoms with E-state index in [1.165, 1.54) is 5.39 Å². The summed E-state index contributed by atoms with van der Waals surface area (Å²) in [6, 6.07) is 12.3. The second-order valence-corrected chi connectivity index (χ2v) is 4.70. The van der Waals surface area contributed by atoms with Gasteiger partial charge in [-0.2, -0.15) is 5.10 Å². The van der Waals surface area contributed by atoms with Gasteiger partial charge in [0.25, 0.3) is 5.56 Å². The molecule has 2 aromatic heterocycles. The van der Waals surface area contributed by atoms with Crippen molar-refractivity contribution in [3.8, 4) is 0 Å². The van der Waals surface area contributed by atoms with Crippen LogP contribution < -0.4 is 5.56 Å². The van der Waals surface area contributed by atoms with E-state index in [9.17, 15) is 4.79 Å². The third kappa shape index (κ3) is 1.23. The fourth-order valence-electron chi connectivity index (χ4n) is 2.84. The van der Waals surface area contributed by atoms with Gasteiger partial charge in [-0.25, -0.2) is 5.10 Å². The smallest absolute Gasteiger partial charge is 0.274 e. The molecule has 0 saturated carbocycles. The molecule has 4 aromatic rings. The quantitative estimate of drug-likeness (QED) is 0.520. The fourth-order valence-corrected chi connectivity index (χ4v) is 2.84. The highest BCUT2D eigenvalue weighted by molar-refractivity contribution is 6.17. The maximum absolute atomic E-state index is 12.0. The molecule has 0 spiro atoms. The Bertz CT molecular complexity index is 995. The minimum absolute atomic E-state index is 0.140. The van der Waals surface area contributed by atoms with Crippen LogP contribution in [0.2, 0.25) is 0 Å². The molecule has 0 saturated heterocycles. The van der Waals surface area contributed by atoms with E-state index in [-0.39, 0.29) is 5.56 Å². The lowest BCUT2D eigenvalue weighted by Gasteiger charge is -2.02. The van der Waals surface area contributed by atoms with Crippen LogP contribution >= 0.6 is 0 Å². The van der Waals surface area contributed by atoms with Gasteiger partial charge in [0.05, 0.1) is 22.6 Å². The Kier molecular flexibility index (Phi) is 1.87. The third-order valence-corrected chi connectivity index (χ3v) is 3.70. The van der Waals surface area contributed by atoms with Crippen molar-refractivity contribution in [2.45, 2.75) is 0 Å². The zero-order valence-corrected chi connectivity index (χ0v) is 10.3. The summed E-state index contributed by atoms with van der Waals surface area (Å²) in [5, 5.41) is 10.4. The predicted octanol–water partition coefficient (Wildman–Crippen LogP) is 2.57. The van der Waals surface area contributed by atoms with E-state index in [0.29, 0.717) is 5.39 Å². The molecule has 0 unspecified atom stereocenters. The van der Waals surface area contributed by atoms with Gasteiger partial charge in [-0.3, -0.25) is 4.79 Å². The van der Waals surface area contributed by atoms with Gasteiger partial charge in [0.1, 0.15) is 0 Å². The fraction of sp³-hybridized carbons (Fsp3) is 0.0667. The maximum atomic E-state index is 12.0. The van der Waals surface area contributed by atoms with Crippen LogP contribution in [-0.4, -0.2) is 14.8 Å². The summed E-state index contributed by atoms with van der Waals surface area (Å²) in [4.78, 5) is 12.0. The summed E-state index contributed by atoms with van der Waals surface area (Å²) < 4.78 is 2.04. The van der Waals surface area contributed by atoms with Crippen LogP contribution in [0.3, 0.4) is 0 Å². The molecule has 0 aliphatic rings. The van der Waals surface area contributed by atoms with E-state index in [4.69, 9.17) is 0 Å². The summed E-state index contributed by atoms with van der Waals surface area (Å²) in [5.41, 5.74) is 1.79. The van der Waals surface area contributed by atoms with Crippen LogP contribution in [0.1, 0.15) is 0 Å². The molecule has 19 heavy (non-hydrogen) atoms. The van der Waals surface area contributed by atoms with Crippen molar-refractivity contribution in [2.24, 2.45) is 7.05 Å². The highest BCUT2D eigenvalue weighted by Crippen LogP contribution is 2.30. The average molecular weight is 249 g/mol. The number of nitrogens with zero attached hydrogens (tertiary/aromatic N) is 2. The number of H-pyrrole nitrogens is 1. The molecule has 0 amide bonds. The number of aryl methyl sites for hydroxylation is 1. The number of fused-ring (bicyclic) bond motifs is 5. The Morgan fingerprint density at radius 1 is 1.11 bits per heavy atom. The number of benzene rings is 2. The summed E-state index contributed by atoms with van der Waals surface area (Å²) in [5.74, 6) is 0. The second kappa shape index (κ2) is 3.45. The van der Waals surface area contributed by atoms with E-state index in [2.05, 4.69) is 28.4 Å². The number of nitrogens with one attached hydrogen (secondary N) is 1. The molecule has 0 atom stereocenters. The number of hydrogen-bond acceptors (Lipinski definition) is 2. The summed E-state index contributed by atoms with van der Waals surface area (Å²) in [6.45, 7) is 0. The standard InChI is InChI=1S/C15H11N3O/c1-18-12-8-16-17-15(19)13(12)11-7-6-9-4-2-3-5-10(9)14(11)18/h2-8H,1H3,(H,17,19). The Labute approximate surface area is 108 Å². The maximum Gasteiger partial charge on any atom is 0.274 e. The first-order chi connectivity index (χ1) is 9.27. The Balaban J connectivity index is 2.44. The normalized spacial score (nSPS) is 11.6. The minimum atomic E-state index is -0.140. The molecule has 4 nitrogen and oxygen atoms in total. The SMILES string of the molecule is Cn1c2cn[nH]c(=O)c2c2ccc3ccccc3c21. The topological polar surface area (TPSA) is 50.7 Å². The minimum Gasteiger partial charge on any atom is -0.342 e. The van der Waals surface area contributed by atoms with Gasteiger partial charge in [-0.1, -0.05) is 36.4 Å². The van der Waals surface area contributed by atoms with Gasteiger partial charge in [0, 0.05) is 17.8 Å². The van der Waals surface area contributed by atoms with E-state index in [0.717, 1.165) is 21.8 Å². The highest BCUT2D eigenvalue weighted by Gasteiger charge is 2.13. The summed E-state index contributed by atoms with van der Waals surface area (Å²) in [7, 11) is 1.97. The molecule has 2 heterocycles. The van der Waals surface area contributed by atoms with Crippen molar-refractivity contribution < 1.29 is 0 Å². The van der Waals surface area contributed by atoms with E-state index >= 15 is 0 Å². The van der Waals surface area contributed by atoms with E-state index in [1.54, 1.807) is 6.20 Å². The van der Waals surface area contributed by atoms with Crippen LogP contribution in [0, 0.1) is 0 Å². The third-order valence-electron chi connectivity index (χ3n) is 3.70. The van der Waals surface area contributed by atoms with E-state index < -0.39 is 0 Å². The highest BCUT2D eigenvalue weighted by atomic mass is 16.1. The molecular formula is C15H11N3O. The van der Waals surface area contributed by atoms with E-state index in [1.807, 2.05) is 29.8 Å². The molecule has 4 heteroatoms. The number of aromatic nitrogens is 3. The summed E-state index contributed by atoms with van der Waals surface area (Å²) in [6.07, 6.45) is 1.70. The largest absolute Gasteiger partial charge is 0.342 e. The van der Waals surface area contributed by atoms with Crippen molar-refractivity contribution in [3.05, 3.63) is 52.9 Å². The summed E-state index contributed by atoms with van der Waals surface area (Å²) >= 11 is 0. The number of rotatable bonds is 0. The molecule has 0 aliphatic carbocycles. The Morgan fingerprint density at radius 2 is 1.95 bits per heavy atom. The molecule has 0 fully saturated rings. The van der Waals surface area contributed by atoms with Crippen molar-refractivity contribution in [2.75, 3.05) is 0 Å². The average Bonchev–Trinajstić information content (AvgIpc) is 2.74. The number of hydrogen-bond donors (Lipinski definition) is 1. The molecule has 0 aliphatic heterocycles.